The van der Waals surface area contributed by atoms with Crippen LogP contribution in [0.1, 0.15) is 69.4 Å². The molecule has 3 aromatic rings. The zero-order valence-corrected chi connectivity index (χ0v) is 26.7. The van der Waals surface area contributed by atoms with E-state index in [1.807, 2.05) is 49.5 Å². The van der Waals surface area contributed by atoms with Gasteiger partial charge in [0.05, 0.1) is 14.9 Å². The number of carbonyl (C=O) groups excluding carboxylic acids is 1. The number of nitrogens with one attached hydrogen (secondary N) is 1. The number of fused-ring (bicyclic) bond motifs is 1. The van der Waals surface area contributed by atoms with Crippen LogP contribution in [0.4, 0.5) is 5.13 Å². The Morgan fingerprint density at radius 2 is 1.93 bits per heavy atom. The van der Waals surface area contributed by atoms with Crippen LogP contribution in [-0.2, 0) is 16.8 Å². The average molecular weight is 610 g/mol. The van der Waals surface area contributed by atoms with Crippen molar-refractivity contribution in [2.45, 2.75) is 81.1 Å². The van der Waals surface area contributed by atoms with Crippen LogP contribution in [0.25, 0.3) is 0 Å². The van der Waals surface area contributed by atoms with Crippen molar-refractivity contribution in [2.24, 2.45) is 0 Å². The Labute approximate surface area is 253 Å². The number of hydrogen-bond acceptors (Lipinski definition) is 7. The Kier molecular flexibility index (Phi) is 7.06. The van der Waals surface area contributed by atoms with E-state index in [-0.39, 0.29) is 23.7 Å². The molecule has 3 unspecified atom stereocenters. The van der Waals surface area contributed by atoms with Gasteiger partial charge in [-0.2, -0.15) is 0 Å². The zero-order chi connectivity index (χ0) is 29.2. The van der Waals surface area contributed by atoms with Gasteiger partial charge in [-0.1, -0.05) is 63.6 Å². The number of thiazole rings is 1. The first-order chi connectivity index (χ1) is 19.3. The standard InChI is InChI=1S/C31H36ClN3O4SSi/c1-28(2,3)41-29(4)22(21-8-6-7-9-23(21)32)17-35(30(29,5)37)16-20-15-33-27(40-20)34-26(36)31(12-13-31)19-10-11-24-25(14-19)39-18-38-24/h6-11,14-15,22,37H,12-13,16-18H2,1-5H3,(H,33,34,36). The van der Waals surface area contributed by atoms with E-state index in [1.54, 1.807) is 0 Å². The fourth-order valence-electron chi connectivity index (χ4n) is 6.42. The van der Waals surface area contributed by atoms with Gasteiger partial charge in [0.2, 0.25) is 12.7 Å². The van der Waals surface area contributed by atoms with E-state index >= 15 is 0 Å². The average Bonchev–Trinajstić information content (AvgIpc) is 3.30. The van der Waals surface area contributed by atoms with Crippen LogP contribution >= 0.6 is 22.9 Å². The second-order valence-electron chi connectivity index (χ2n) is 12.8. The zero-order valence-electron chi connectivity index (χ0n) is 24.1. The summed E-state index contributed by atoms with van der Waals surface area (Å²) in [5, 5.41) is 16.2. The van der Waals surface area contributed by atoms with Gasteiger partial charge in [0.1, 0.15) is 5.72 Å². The minimum absolute atomic E-state index is 0.0347. The third-order valence-corrected chi connectivity index (χ3v) is 12.2. The number of ether oxygens (including phenoxy) is 2. The normalized spacial score (nSPS) is 26.8. The van der Waals surface area contributed by atoms with Gasteiger partial charge in [-0.05, 0) is 54.1 Å². The third-order valence-electron chi connectivity index (χ3n) is 8.85. The molecule has 2 radical (unpaired) electrons. The summed E-state index contributed by atoms with van der Waals surface area (Å²) < 4.78 is 11.0. The number of aliphatic hydroxyl groups is 1. The third kappa shape index (κ3) is 5.10. The molecule has 2 N–H and O–H groups in total. The van der Waals surface area contributed by atoms with Crippen LogP contribution in [0, 0.1) is 0 Å². The molecule has 216 valence electrons. The van der Waals surface area contributed by atoms with Gasteiger partial charge in [-0.25, -0.2) is 4.98 Å². The predicted octanol–water partition coefficient (Wildman–Crippen LogP) is 6.60. The lowest BCUT2D eigenvalue weighted by atomic mass is 9.84. The van der Waals surface area contributed by atoms with Crippen LogP contribution in [0.5, 0.6) is 11.5 Å². The molecule has 7 nitrogen and oxygen atoms in total. The maximum absolute atomic E-state index is 13.4. The molecule has 1 saturated carbocycles. The van der Waals surface area contributed by atoms with Crippen LogP contribution in [-0.4, -0.2) is 49.5 Å². The largest absolute Gasteiger partial charge is 0.454 e. The first-order valence-electron chi connectivity index (χ1n) is 14.0. The Bertz CT molecular complexity index is 1480. The molecule has 1 amide bonds. The Morgan fingerprint density at radius 1 is 1.20 bits per heavy atom. The predicted molar refractivity (Wildman–Crippen MR) is 163 cm³/mol. The number of anilines is 1. The minimum Gasteiger partial charge on any atom is -0.454 e. The molecule has 41 heavy (non-hydrogen) atoms. The number of halogens is 1. The van der Waals surface area contributed by atoms with Gasteiger partial charge in [-0.15, -0.1) is 11.3 Å². The summed E-state index contributed by atoms with van der Waals surface area (Å²) in [5.74, 6) is 1.41. The summed E-state index contributed by atoms with van der Waals surface area (Å²) >= 11 is 8.17. The Balaban J connectivity index is 1.20. The maximum Gasteiger partial charge on any atom is 0.236 e. The number of amides is 1. The first-order valence-corrected chi connectivity index (χ1v) is 16.2. The van der Waals surface area contributed by atoms with E-state index in [2.05, 4.69) is 49.0 Å². The molecule has 3 aliphatic rings. The second kappa shape index (κ2) is 10.1. The molecule has 10 heteroatoms. The molecule has 1 saturated heterocycles. The van der Waals surface area contributed by atoms with Gasteiger partial charge in [0, 0.05) is 40.1 Å². The second-order valence-corrected chi connectivity index (χ2v) is 17.1. The molecule has 2 fully saturated rings. The van der Waals surface area contributed by atoms with E-state index in [0.29, 0.717) is 39.2 Å². The molecule has 2 aromatic carbocycles. The van der Waals surface area contributed by atoms with Crippen molar-refractivity contribution >= 4 is 43.5 Å². The topological polar surface area (TPSA) is 83.9 Å². The van der Waals surface area contributed by atoms with Crippen LogP contribution in [0.2, 0.25) is 15.1 Å². The number of carbonyl (C=O) groups is 1. The molecule has 0 spiro atoms. The number of hydrogen-bond donors (Lipinski definition) is 2. The molecule has 1 aromatic heterocycles. The summed E-state index contributed by atoms with van der Waals surface area (Å²) in [6, 6.07) is 13.7. The van der Waals surface area contributed by atoms with E-state index < -0.39 is 16.2 Å². The van der Waals surface area contributed by atoms with E-state index in [0.717, 1.165) is 33.9 Å². The summed E-state index contributed by atoms with van der Waals surface area (Å²) in [6.07, 6.45) is 3.37. The molecule has 3 atom stereocenters. The molecule has 3 heterocycles. The molecule has 1 aliphatic carbocycles. The number of benzene rings is 2. The van der Waals surface area contributed by atoms with Crippen LogP contribution in [0.15, 0.2) is 48.7 Å². The van der Waals surface area contributed by atoms with Crippen molar-refractivity contribution < 1.29 is 19.4 Å². The molecule has 6 rings (SSSR count). The number of nitrogens with zero attached hydrogens (tertiary/aromatic N) is 2. The molecular weight excluding hydrogens is 574 g/mol. The van der Waals surface area contributed by atoms with Gasteiger partial charge >= 0.3 is 0 Å². The van der Waals surface area contributed by atoms with Crippen molar-refractivity contribution in [3.8, 4) is 11.5 Å². The number of aromatic nitrogens is 1. The summed E-state index contributed by atoms with van der Waals surface area (Å²) in [7, 11) is 0.502. The Hall–Kier alpha value is -2.43. The number of likely N-dealkylation sites (tertiary alicyclic amines) is 1. The molecule has 0 bridgehead atoms. The fraction of sp³-hybridized carbons (Fsp3) is 0.484. The summed E-state index contributed by atoms with van der Waals surface area (Å²) in [4.78, 5) is 21.1. The molecular formula is C31H36ClN3O4SSi. The first kappa shape index (κ1) is 28.7. The van der Waals surface area contributed by atoms with Gasteiger partial charge in [0.15, 0.2) is 16.6 Å². The SMILES string of the molecule is CC(C)(C)[Si]C1(C)C(c2ccccc2Cl)CN(Cc2cnc(NC(=O)C3(c4ccc5c(c4)OCO5)CC3)s2)C1(C)O. The fourth-order valence-corrected chi connectivity index (χ4v) is 9.88. The smallest absolute Gasteiger partial charge is 0.236 e. The monoisotopic (exact) mass is 609 g/mol. The summed E-state index contributed by atoms with van der Waals surface area (Å²) in [6.45, 7) is 12.2. The van der Waals surface area contributed by atoms with E-state index in [9.17, 15) is 9.90 Å². The van der Waals surface area contributed by atoms with Crippen LogP contribution in [0.3, 0.4) is 0 Å². The van der Waals surface area contributed by atoms with Gasteiger partial charge < -0.3 is 19.9 Å². The van der Waals surface area contributed by atoms with Crippen molar-refractivity contribution in [1.82, 2.24) is 9.88 Å². The molecule has 2 aliphatic heterocycles. The van der Waals surface area contributed by atoms with Gasteiger partial charge in [0.25, 0.3) is 0 Å². The van der Waals surface area contributed by atoms with E-state index in [1.165, 1.54) is 11.3 Å². The minimum atomic E-state index is -1.08. The summed E-state index contributed by atoms with van der Waals surface area (Å²) in [5.41, 5.74) is 0.372. The highest BCUT2D eigenvalue weighted by Crippen LogP contribution is 2.61. The maximum atomic E-state index is 13.4. The van der Waals surface area contributed by atoms with Gasteiger partial charge in [-0.3, -0.25) is 9.69 Å². The highest BCUT2D eigenvalue weighted by Gasteiger charge is 2.60. The van der Waals surface area contributed by atoms with Crippen molar-refractivity contribution in [2.75, 3.05) is 18.7 Å². The Morgan fingerprint density at radius 3 is 2.63 bits per heavy atom. The highest BCUT2D eigenvalue weighted by atomic mass is 35.5. The number of rotatable bonds is 7. The lowest BCUT2D eigenvalue weighted by Crippen LogP contribution is -2.50. The van der Waals surface area contributed by atoms with Crippen molar-refractivity contribution in [3.05, 3.63) is 69.7 Å². The lowest BCUT2D eigenvalue weighted by Gasteiger charge is -2.46. The van der Waals surface area contributed by atoms with E-state index in [4.69, 9.17) is 21.1 Å². The highest BCUT2D eigenvalue weighted by molar-refractivity contribution is 7.15. The van der Waals surface area contributed by atoms with Crippen LogP contribution < -0.4 is 14.8 Å². The van der Waals surface area contributed by atoms with Crippen molar-refractivity contribution in [3.63, 3.8) is 0 Å². The lowest BCUT2D eigenvalue weighted by molar-refractivity contribution is -0.118. The van der Waals surface area contributed by atoms with Crippen molar-refractivity contribution in [1.29, 1.82) is 0 Å². The quantitative estimate of drug-likeness (QED) is 0.294.